The van der Waals surface area contributed by atoms with E-state index in [0.717, 1.165) is 30.3 Å². The Morgan fingerprint density at radius 1 is 0.966 bits per heavy atom. The maximum absolute atomic E-state index is 13.2. The molecule has 29 heavy (non-hydrogen) atoms. The maximum atomic E-state index is 13.2. The molecule has 0 aliphatic heterocycles. The number of aldehydes is 1. The number of ether oxygens (including phenoxy) is 1. The van der Waals surface area contributed by atoms with Crippen LogP contribution in [0.1, 0.15) is 26.3 Å². The number of carbonyl (C=O) groups excluding carboxylic acids is 2. The summed E-state index contributed by atoms with van der Waals surface area (Å²) in [7, 11) is 0. The number of carbonyl (C=O) groups is 2. The predicted molar refractivity (Wildman–Crippen MR) is 97.9 cm³/mol. The molecule has 0 radical (unpaired) electrons. The van der Waals surface area contributed by atoms with Crippen LogP contribution in [-0.4, -0.2) is 12.3 Å². The Labute approximate surface area is 162 Å². The number of hydrogen-bond acceptors (Lipinski definition) is 4. The smallest absolute Gasteiger partial charge is 0.416 e. The van der Waals surface area contributed by atoms with Crippen LogP contribution in [0.25, 0.3) is 0 Å². The Bertz CT molecular complexity index is 1060. The molecule has 0 bridgehead atoms. The molecule has 3 rings (SSSR count). The van der Waals surface area contributed by atoms with Crippen LogP contribution >= 0.6 is 0 Å². The lowest BCUT2D eigenvalue weighted by atomic mass is 10.1. The molecule has 0 aromatic heterocycles. The number of rotatable bonds is 5. The molecule has 0 aliphatic rings. The van der Waals surface area contributed by atoms with E-state index >= 15 is 0 Å². The Kier molecular flexibility index (Phi) is 5.63. The third-order valence-electron chi connectivity index (χ3n) is 3.92. The number of benzene rings is 3. The molecule has 3 aromatic rings. The number of nitrogens with one attached hydrogen (secondary N) is 1. The van der Waals surface area contributed by atoms with E-state index in [1.54, 1.807) is 12.1 Å². The first-order valence-corrected chi connectivity index (χ1v) is 8.28. The molecule has 0 fully saturated rings. The second-order valence-electron chi connectivity index (χ2n) is 5.94. The summed E-state index contributed by atoms with van der Waals surface area (Å²) in [4.78, 5) is 23.6. The molecule has 0 atom stereocenters. The van der Waals surface area contributed by atoms with Crippen LogP contribution in [0.4, 0.5) is 28.9 Å². The van der Waals surface area contributed by atoms with Gasteiger partial charge in [0.25, 0.3) is 0 Å². The van der Waals surface area contributed by atoms with Gasteiger partial charge < -0.3 is 10.1 Å². The molecule has 3 aromatic carbocycles. The van der Waals surface area contributed by atoms with Crippen LogP contribution in [-0.2, 0) is 6.18 Å². The van der Waals surface area contributed by atoms with E-state index in [0.29, 0.717) is 6.29 Å². The maximum Gasteiger partial charge on any atom is 0.416 e. The fourth-order valence-corrected chi connectivity index (χ4v) is 2.56. The van der Waals surface area contributed by atoms with Crippen molar-refractivity contribution in [3.8, 4) is 5.75 Å². The van der Waals surface area contributed by atoms with Gasteiger partial charge in [0.15, 0.2) is 6.29 Å². The average molecular weight is 403 g/mol. The topological polar surface area (TPSA) is 55.4 Å². The van der Waals surface area contributed by atoms with Crippen molar-refractivity contribution < 1.29 is 31.9 Å². The molecule has 8 heteroatoms. The molecule has 0 aliphatic carbocycles. The number of esters is 1. The highest BCUT2D eigenvalue weighted by Gasteiger charge is 2.30. The molecule has 148 valence electrons. The Balaban J connectivity index is 1.88. The summed E-state index contributed by atoms with van der Waals surface area (Å²) in [5, 5.41) is 2.76. The van der Waals surface area contributed by atoms with E-state index in [4.69, 9.17) is 4.74 Å². The van der Waals surface area contributed by atoms with Crippen molar-refractivity contribution in [2.45, 2.75) is 6.18 Å². The summed E-state index contributed by atoms with van der Waals surface area (Å²) in [6.45, 7) is 0. The Morgan fingerprint density at radius 3 is 2.45 bits per heavy atom. The minimum atomic E-state index is -4.51. The lowest BCUT2D eigenvalue weighted by Crippen LogP contribution is -2.12. The van der Waals surface area contributed by atoms with Gasteiger partial charge in [0.1, 0.15) is 11.6 Å². The third-order valence-corrected chi connectivity index (χ3v) is 3.92. The normalized spacial score (nSPS) is 11.0. The molecular formula is C21H13F4NO3. The van der Waals surface area contributed by atoms with Crippen molar-refractivity contribution in [3.05, 3.63) is 89.2 Å². The van der Waals surface area contributed by atoms with E-state index < -0.39 is 23.5 Å². The molecule has 4 nitrogen and oxygen atoms in total. The minimum Gasteiger partial charge on any atom is -0.422 e. The molecule has 1 N–H and O–H groups in total. The molecule has 0 saturated heterocycles. The standard InChI is InChI=1S/C21H13F4NO3/c22-15-8-9-19(13(10-15)12-27)29-20(28)17-6-1-2-7-18(17)26-16-5-3-4-14(11-16)21(23,24)25/h1-12,26H. The largest absolute Gasteiger partial charge is 0.422 e. The van der Waals surface area contributed by atoms with Gasteiger partial charge in [0.05, 0.1) is 22.4 Å². The average Bonchev–Trinajstić information content (AvgIpc) is 2.69. The fourth-order valence-electron chi connectivity index (χ4n) is 2.56. The summed E-state index contributed by atoms with van der Waals surface area (Å²) >= 11 is 0. The van der Waals surface area contributed by atoms with Gasteiger partial charge in [0, 0.05) is 5.69 Å². The highest BCUT2D eigenvalue weighted by atomic mass is 19.4. The predicted octanol–water partition coefficient (Wildman–Crippen LogP) is 5.62. The molecule has 0 spiro atoms. The molecule has 0 unspecified atom stereocenters. The second kappa shape index (κ2) is 8.14. The van der Waals surface area contributed by atoms with Gasteiger partial charge >= 0.3 is 12.1 Å². The van der Waals surface area contributed by atoms with Crippen molar-refractivity contribution in [2.75, 3.05) is 5.32 Å². The summed E-state index contributed by atoms with van der Waals surface area (Å²) in [6.07, 6.45) is -4.16. The molecule has 0 saturated carbocycles. The number of anilines is 2. The highest BCUT2D eigenvalue weighted by molar-refractivity contribution is 5.98. The zero-order chi connectivity index (χ0) is 21.0. The number of halogens is 4. The van der Waals surface area contributed by atoms with Gasteiger partial charge in [-0.3, -0.25) is 4.79 Å². The number of hydrogen-bond donors (Lipinski definition) is 1. The van der Waals surface area contributed by atoms with E-state index in [9.17, 15) is 27.2 Å². The van der Waals surface area contributed by atoms with Gasteiger partial charge in [-0.2, -0.15) is 13.2 Å². The van der Waals surface area contributed by atoms with E-state index in [2.05, 4.69) is 5.32 Å². The molecular weight excluding hydrogens is 390 g/mol. The van der Waals surface area contributed by atoms with Crippen LogP contribution in [0.15, 0.2) is 66.7 Å². The first-order chi connectivity index (χ1) is 13.8. The van der Waals surface area contributed by atoms with E-state index in [-0.39, 0.29) is 28.3 Å². The second-order valence-corrected chi connectivity index (χ2v) is 5.94. The molecule has 0 heterocycles. The zero-order valence-corrected chi connectivity index (χ0v) is 14.7. The number of para-hydroxylation sites is 1. The highest BCUT2D eigenvalue weighted by Crippen LogP contribution is 2.32. The van der Waals surface area contributed by atoms with Gasteiger partial charge in [-0.1, -0.05) is 18.2 Å². The van der Waals surface area contributed by atoms with Crippen molar-refractivity contribution >= 4 is 23.6 Å². The van der Waals surface area contributed by atoms with Gasteiger partial charge in [-0.25, -0.2) is 9.18 Å². The van der Waals surface area contributed by atoms with Crippen LogP contribution < -0.4 is 10.1 Å². The first kappa shape index (κ1) is 20.1. The summed E-state index contributed by atoms with van der Waals surface area (Å²) in [5.74, 6) is -1.67. The van der Waals surface area contributed by atoms with Gasteiger partial charge in [0.2, 0.25) is 0 Å². The Morgan fingerprint density at radius 2 is 1.72 bits per heavy atom. The van der Waals surface area contributed by atoms with Crippen molar-refractivity contribution in [1.29, 1.82) is 0 Å². The zero-order valence-electron chi connectivity index (χ0n) is 14.7. The first-order valence-electron chi connectivity index (χ1n) is 8.28. The summed E-state index contributed by atoms with van der Waals surface area (Å²) in [6, 6.07) is 13.6. The summed E-state index contributed by atoms with van der Waals surface area (Å²) in [5.41, 5.74) is -0.653. The van der Waals surface area contributed by atoms with Crippen LogP contribution in [0.2, 0.25) is 0 Å². The summed E-state index contributed by atoms with van der Waals surface area (Å²) < 4.78 is 57.1. The molecule has 0 amide bonds. The van der Waals surface area contributed by atoms with E-state index in [1.165, 1.54) is 24.3 Å². The monoisotopic (exact) mass is 403 g/mol. The quantitative estimate of drug-likeness (QED) is 0.260. The lowest BCUT2D eigenvalue weighted by molar-refractivity contribution is -0.137. The lowest BCUT2D eigenvalue weighted by Gasteiger charge is -2.14. The van der Waals surface area contributed by atoms with Gasteiger partial charge in [-0.15, -0.1) is 0 Å². The SMILES string of the molecule is O=Cc1cc(F)ccc1OC(=O)c1ccccc1Nc1cccc(C(F)(F)F)c1. The van der Waals surface area contributed by atoms with Crippen molar-refractivity contribution in [1.82, 2.24) is 0 Å². The third kappa shape index (κ3) is 4.78. The van der Waals surface area contributed by atoms with Crippen LogP contribution in [0.5, 0.6) is 5.75 Å². The van der Waals surface area contributed by atoms with Crippen LogP contribution in [0, 0.1) is 5.82 Å². The van der Waals surface area contributed by atoms with E-state index in [1.807, 2.05) is 0 Å². The fraction of sp³-hybridized carbons (Fsp3) is 0.0476. The van der Waals surface area contributed by atoms with Gasteiger partial charge in [-0.05, 0) is 48.5 Å². The number of alkyl halides is 3. The van der Waals surface area contributed by atoms with Crippen molar-refractivity contribution in [3.63, 3.8) is 0 Å². The minimum absolute atomic E-state index is 0.0195. The Hall–Kier alpha value is -3.68. The van der Waals surface area contributed by atoms with Crippen LogP contribution in [0.3, 0.4) is 0 Å². The van der Waals surface area contributed by atoms with Crippen molar-refractivity contribution in [2.24, 2.45) is 0 Å².